The van der Waals surface area contributed by atoms with Gasteiger partial charge in [0, 0.05) is 38.6 Å². The average molecular weight is 377 g/mol. The molecule has 1 amide bonds. The minimum absolute atomic E-state index is 0.0669. The summed E-state index contributed by atoms with van der Waals surface area (Å²) in [5.41, 5.74) is 0.940. The molecule has 3 heterocycles. The van der Waals surface area contributed by atoms with Gasteiger partial charge < -0.3 is 14.5 Å². The van der Waals surface area contributed by atoms with Crippen molar-refractivity contribution in [2.24, 2.45) is 0 Å². The molecule has 28 heavy (non-hydrogen) atoms. The predicted octanol–water partition coefficient (Wildman–Crippen LogP) is 2.22. The van der Waals surface area contributed by atoms with Crippen LogP contribution in [0.3, 0.4) is 0 Å². The Morgan fingerprint density at radius 2 is 1.82 bits per heavy atom. The van der Waals surface area contributed by atoms with Crippen molar-refractivity contribution >= 4 is 11.7 Å². The molecule has 0 N–H and O–H groups in total. The average Bonchev–Trinajstić information content (AvgIpc) is 3.29. The lowest BCUT2D eigenvalue weighted by Crippen LogP contribution is -2.51. The minimum atomic E-state index is -0.443. The third-order valence-electron chi connectivity index (χ3n) is 5.01. The maximum absolute atomic E-state index is 13.3. The quantitative estimate of drug-likeness (QED) is 0.682. The number of carbonyl (C=O) groups excluding carboxylic acids is 1. The number of amides is 1. The molecule has 3 aromatic rings. The first-order chi connectivity index (χ1) is 13.8. The van der Waals surface area contributed by atoms with E-state index in [0.717, 1.165) is 30.2 Å². The number of rotatable bonds is 5. The van der Waals surface area contributed by atoms with E-state index >= 15 is 0 Å². The molecule has 1 unspecified atom stereocenters. The number of methoxy groups -OCH3 is 1. The molecule has 1 aromatic carbocycles. The summed E-state index contributed by atoms with van der Waals surface area (Å²) in [5.74, 6) is 1.71. The van der Waals surface area contributed by atoms with Gasteiger partial charge in [-0.05, 0) is 23.8 Å². The van der Waals surface area contributed by atoms with Crippen molar-refractivity contribution in [1.29, 1.82) is 0 Å². The lowest BCUT2D eigenvalue weighted by Gasteiger charge is -2.37. The molecule has 1 aliphatic heterocycles. The molecule has 7 heteroatoms. The van der Waals surface area contributed by atoms with Crippen LogP contribution < -0.4 is 9.64 Å². The Hall–Kier alpha value is -3.35. The first-order valence-corrected chi connectivity index (χ1v) is 9.34. The summed E-state index contributed by atoms with van der Waals surface area (Å²) in [6, 6.07) is 15.1. The largest absolute Gasteiger partial charge is 0.495 e. The van der Waals surface area contributed by atoms with Crippen LogP contribution >= 0.6 is 0 Å². The molecule has 0 radical (unpaired) electrons. The smallest absolute Gasteiger partial charge is 0.252 e. The Balaban J connectivity index is 1.47. The van der Waals surface area contributed by atoms with Gasteiger partial charge in [0.15, 0.2) is 6.04 Å². The van der Waals surface area contributed by atoms with Gasteiger partial charge in [-0.1, -0.05) is 30.3 Å². The zero-order valence-electron chi connectivity index (χ0n) is 15.8. The second-order valence-corrected chi connectivity index (χ2v) is 6.67. The van der Waals surface area contributed by atoms with Crippen LogP contribution in [0.4, 0.5) is 5.82 Å². The Kier molecular flexibility index (Phi) is 5.23. The van der Waals surface area contributed by atoms with Gasteiger partial charge in [0.2, 0.25) is 0 Å². The maximum atomic E-state index is 13.3. The molecule has 144 valence electrons. The molecule has 1 atom stereocenters. The fraction of sp³-hybridized carbons (Fsp3) is 0.286. The van der Waals surface area contributed by atoms with Gasteiger partial charge in [-0.15, -0.1) is 0 Å². The fourth-order valence-electron chi connectivity index (χ4n) is 3.49. The third kappa shape index (κ3) is 3.69. The Bertz CT molecular complexity index is 888. The van der Waals surface area contributed by atoms with Crippen molar-refractivity contribution in [3.63, 3.8) is 0 Å². The molecule has 2 aromatic heterocycles. The number of piperazine rings is 1. The van der Waals surface area contributed by atoms with Gasteiger partial charge in [-0.25, -0.2) is 4.98 Å². The van der Waals surface area contributed by atoms with Gasteiger partial charge >= 0.3 is 0 Å². The van der Waals surface area contributed by atoms with Crippen LogP contribution in [0, 0.1) is 0 Å². The number of hydrogen-bond donors (Lipinski definition) is 0. The fourth-order valence-corrected chi connectivity index (χ4v) is 3.49. The molecule has 7 nitrogen and oxygen atoms in total. The zero-order valence-corrected chi connectivity index (χ0v) is 15.8. The van der Waals surface area contributed by atoms with Crippen molar-refractivity contribution in [2.45, 2.75) is 6.04 Å². The molecule has 1 saturated heterocycles. The van der Waals surface area contributed by atoms with Gasteiger partial charge in [0.25, 0.3) is 5.91 Å². The molecule has 0 spiro atoms. The van der Waals surface area contributed by atoms with Crippen LogP contribution in [0.5, 0.6) is 5.75 Å². The third-order valence-corrected chi connectivity index (χ3v) is 5.01. The van der Waals surface area contributed by atoms with E-state index in [1.165, 1.54) is 0 Å². The minimum Gasteiger partial charge on any atom is -0.495 e. The van der Waals surface area contributed by atoms with E-state index in [9.17, 15) is 4.79 Å². The van der Waals surface area contributed by atoms with Crippen molar-refractivity contribution < 1.29 is 9.53 Å². The summed E-state index contributed by atoms with van der Waals surface area (Å²) in [7, 11) is 1.63. The number of hydrogen-bond acceptors (Lipinski definition) is 5. The highest BCUT2D eigenvalue weighted by atomic mass is 16.5. The van der Waals surface area contributed by atoms with E-state index in [-0.39, 0.29) is 5.91 Å². The van der Waals surface area contributed by atoms with Crippen LogP contribution in [0.2, 0.25) is 0 Å². The first-order valence-electron chi connectivity index (χ1n) is 9.34. The lowest BCUT2D eigenvalue weighted by molar-refractivity contribution is -0.134. The number of anilines is 1. The summed E-state index contributed by atoms with van der Waals surface area (Å²) >= 11 is 0. The second kappa shape index (κ2) is 8.12. The Morgan fingerprint density at radius 1 is 1.04 bits per heavy atom. The van der Waals surface area contributed by atoms with E-state index in [1.807, 2.05) is 59.6 Å². The highest BCUT2D eigenvalue weighted by molar-refractivity contribution is 5.83. The molecule has 0 aliphatic carbocycles. The lowest BCUT2D eigenvalue weighted by atomic mass is 10.1. The highest BCUT2D eigenvalue weighted by Gasteiger charge is 2.30. The Morgan fingerprint density at radius 3 is 2.43 bits per heavy atom. The van der Waals surface area contributed by atoms with Crippen LogP contribution in [0.15, 0.2) is 67.1 Å². The van der Waals surface area contributed by atoms with E-state index in [4.69, 9.17) is 4.74 Å². The SMILES string of the molecule is COc1ccc(N2CCN(C(=O)C(c3ccccc3)n3cccn3)CC2)nc1. The number of benzene rings is 1. The molecule has 1 fully saturated rings. The standard InChI is InChI=1S/C21H23N5O2/c1-28-18-8-9-19(22-16-18)24-12-14-25(15-13-24)21(27)20(26-11-5-10-23-26)17-6-3-2-4-7-17/h2-11,16,20H,12-15H2,1H3. The van der Waals surface area contributed by atoms with Gasteiger partial charge in [0.05, 0.1) is 13.3 Å². The number of aromatic nitrogens is 3. The van der Waals surface area contributed by atoms with Gasteiger partial charge in [-0.2, -0.15) is 5.10 Å². The van der Waals surface area contributed by atoms with Crippen LogP contribution in [0.25, 0.3) is 0 Å². The van der Waals surface area contributed by atoms with Crippen molar-refractivity contribution in [1.82, 2.24) is 19.7 Å². The zero-order chi connectivity index (χ0) is 19.3. The van der Waals surface area contributed by atoms with Crippen LogP contribution in [0.1, 0.15) is 11.6 Å². The van der Waals surface area contributed by atoms with E-state index in [0.29, 0.717) is 13.1 Å². The monoisotopic (exact) mass is 377 g/mol. The molecule has 4 rings (SSSR count). The molecule has 0 saturated carbocycles. The number of carbonyl (C=O) groups is 1. The van der Waals surface area contributed by atoms with E-state index in [1.54, 1.807) is 24.2 Å². The summed E-state index contributed by atoms with van der Waals surface area (Å²) in [5, 5.41) is 4.32. The molecular formula is C21H23N5O2. The maximum Gasteiger partial charge on any atom is 0.252 e. The van der Waals surface area contributed by atoms with E-state index in [2.05, 4.69) is 15.0 Å². The summed E-state index contributed by atoms with van der Waals surface area (Å²) in [4.78, 5) is 21.9. The first kappa shape index (κ1) is 18.0. The van der Waals surface area contributed by atoms with Gasteiger partial charge in [0.1, 0.15) is 11.6 Å². The summed E-state index contributed by atoms with van der Waals surface area (Å²) in [6.07, 6.45) is 5.26. The second-order valence-electron chi connectivity index (χ2n) is 6.67. The summed E-state index contributed by atoms with van der Waals surface area (Å²) in [6.45, 7) is 2.78. The normalized spacial score (nSPS) is 15.3. The van der Waals surface area contributed by atoms with E-state index < -0.39 is 6.04 Å². The molecule has 0 bridgehead atoms. The predicted molar refractivity (Wildman–Crippen MR) is 106 cm³/mol. The van der Waals surface area contributed by atoms with Gasteiger partial charge in [-0.3, -0.25) is 9.48 Å². The Labute approximate surface area is 164 Å². The number of ether oxygens (including phenoxy) is 1. The van der Waals surface area contributed by atoms with Crippen LogP contribution in [-0.2, 0) is 4.79 Å². The van der Waals surface area contributed by atoms with Crippen LogP contribution in [-0.4, -0.2) is 58.9 Å². The highest BCUT2D eigenvalue weighted by Crippen LogP contribution is 2.22. The van der Waals surface area contributed by atoms with Crippen molar-refractivity contribution in [2.75, 3.05) is 38.2 Å². The number of pyridine rings is 1. The van der Waals surface area contributed by atoms with Crippen molar-refractivity contribution in [3.8, 4) is 5.75 Å². The topological polar surface area (TPSA) is 63.5 Å². The molecule has 1 aliphatic rings. The summed E-state index contributed by atoms with van der Waals surface area (Å²) < 4.78 is 6.90. The van der Waals surface area contributed by atoms with Crippen molar-refractivity contribution in [3.05, 3.63) is 72.7 Å². The number of nitrogens with zero attached hydrogens (tertiary/aromatic N) is 5. The molecular weight excluding hydrogens is 354 g/mol.